The average molecular weight is 369 g/mol. The summed E-state index contributed by atoms with van der Waals surface area (Å²) >= 11 is 0. The van der Waals surface area contributed by atoms with E-state index >= 15 is 0 Å². The van der Waals surface area contributed by atoms with Crippen LogP contribution < -0.4 is 5.73 Å². The van der Waals surface area contributed by atoms with E-state index in [2.05, 4.69) is 6.58 Å². The zero-order valence-electron chi connectivity index (χ0n) is 15.6. The lowest BCUT2D eigenvalue weighted by molar-refractivity contribution is -0.142. The minimum absolute atomic E-state index is 0.0719. The Bertz CT molecular complexity index is 723. The standard InChI is InChI=1S/C21H27N3O3/c1-2-18(25)24-12-6-7-16(15-24)19(26)23-13-10-21(11-14-23,20(22)27)17-8-4-3-5-9-17/h2-5,8-9,16H,1,6-7,10-15H2,(H2,22,27). The van der Waals surface area contributed by atoms with E-state index in [9.17, 15) is 14.4 Å². The van der Waals surface area contributed by atoms with E-state index in [0.29, 0.717) is 39.0 Å². The predicted octanol–water partition coefficient (Wildman–Crippen LogP) is 1.46. The normalized spacial score (nSPS) is 22.1. The van der Waals surface area contributed by atoms with Crippen LogP contribution in [0.4, 0.5) is 0 Å². The second kappa shape index (κ2) is 7.94. The highest BCUT2D eigenvalue weighted by atomic mass is 16.2. The Hall–Kier alpha value is -2.63. The first-order valence-corrected chi connectivity index (χ1v) is 9.53. The highest BCUT2D eigenvalue weighted by molar-refractivity contribution is 5.89. The molecule has 2 saturated heterocycles. The molecule has 2 aliphatic heterocycles. The predicted molar refractivity (Wildman–Crippen MR) is 103 cm³/mol. The number of nitrogens with two attached hydrogens (primary N) is 1. The maximum atomic E-state index is 13.0. The van der Waals surface area contributed by atoms with Crippen molar-refractivity contribution in [1.29, 1.82) is 0 Å². The van der Waals surface area contributed by atoms with Crippen LogP contribution in [0.2, 0.25) is 0 Å². The van der Waals surface area contributed by atoms with Crippen molar-refractivity contribution in [2.24, 2.45) is 11.7 Å². The van der Waals surface area contributed by atoms with Gasteiger partial charge in [0.15, 0.2) is 0 Å². The monoisotopic (exact) mass is 369 g/mol. The second-order valence-corrected chi connectivity index (χ2v) is 7.47. The molecular weight excluding hydrogens is 342 g/mol. The summed E-state index contributed by atoms with van der Waals surface area (Å²) < 4.78 is 0. The third-order valence-electron chi connectivity index (χ3n) is 5.98. The number of benzene rings is 1. The minimum atomic E-state index is -0.713. The zero-order chi connectivity index (χ0) is 19.4. The molecule has 1 aromatic rings. The van der Waals surface area contributed by atoms with Crippen LogP contribution in [0, 0.1) is 5.92 Å². The molecular formula is C21H27N3O3. The number of rotatable bonds is 4. The third-order valence-corrected chi connectivity index (χ3v) is 5.98. The summed E-state index contributed by atoms with van der Waals surface area (Å²) in [5, 5.41) is 0. The fourth-order valence-corrected chi connectivity index (χ4v) is 4.31. The molecule has 0 saturated carbocycles. The van der Waals surface area contributed by atoms with Crippen molar-refractivity contribution in [2.45, 2.75) is 31.1 Å². The Morgan fingerprint density at radius 3 is 2.33 bits per heavy atom. The molecule has 1 atom stereocenters. The molecule has 3 amide bonds. The van der Waals surface area contributed by atoms with Gasteiger partial charge >= 0.3 is 0 Å². The van der Waals surface area contributed by atoms with Gasteiger partial charge in [-0.2, -0.15) is 0 Å². The molecule has 2 heterocycles. The van der Waals surface area contributed by atoms with E-state index in [1.807, 2.05) is 35.2 Å². The Balaban J connectivity index is 1.67. The molecule has 2 N–H and O–H groups in total. The van der Waals surface area contributed by atoms with Gasteiger partial charge in [-0.25, -0.2) is 0 Å². The number of carbonyl (C=O) groups excluding carboxylic acids is 3. The number of carbonyl (C=O) groups is 3. The molecule has 1 unspecified atom stereocenters. The van der Waals surface area contributed by atoms with E-state index < -0.39 is 5.41 Å². The van der Waals surface area contributed by atoms with Crippen molar-refractivity contribution in [3.05, 3.63) is 48.6 Å². The Morgan fingerprint density at radius 2 is 1.74 bits per heavy atom. The summed E-state index contributed by atoms with van der Waals surface area (Å²) in [4.78, 5) is 40.6. The second-order valence-electron chi connectivity index (χ2n) is 7.47. The van der Waals surface area contributed by atoms with Crippen molar-refractivity contribution in [2.75, 3.05) is 26.2 Å². The van der Waals surface area contributed by atoms with Gasteiger partial charge in [0, 0.05) is 26.2 Å². The fraction of sp³-hybridized carbons (Fsp3) is 0.476. The van der Waals surface area contributed by atoms with Crippen molar-refractivity contribution in [3.63, 3.8) is 0 Å². The number of amides is 3. The average Bonchev–Trinajstić information content (AvgIpc) is 2.73. The quantitative estimate of drug-likeness (QED) is 0.816. The maximum absolute atomic E-state index is 13.0. The number of likely N-dealkylation sites (tertiary alicyclic amines) is 2. The highest BCUT2D eigenvalue weighted by Crippen LogP contribution is 2.36. The SMILES string of the molecule is C=CC(=O)N1CCCC(C(=O)N2CCC(C(N)=O)(c3ccccc3)CC2)C1. The number of hydrogen-bond donors (Lipinski definition) is 1. The van der Waals surface area contributed by atoms with Crippen LogP contribution in [-0.2, 0) is 19.8 Å². The lowest BCUT2D eigenvalue weighted by atomic mass is 9.72. The van der Waals surface area contributed by atoms with E-state index in [0.717, 1.165) is 18.4 Å². The highest BCUT2D eigenvalue weighted by Gasteiger charge is 2.43. The van der Waals surface area contributed by atoms with Crippen LogP contribution in [0.1, 0.15) is 31.2 Å². The number of piperidine rings is 2. The van der Waals surface area contributed by atoms with Crippen LogP contribution in [0.15, 0.2) is 43.0 Å². The molecule has 0 aromatic heterocycles. The molecule has 2 fully saturated rings. The minimum Gasteiger partial charge on any atom is -0.369 e. The molecule has 2 aliphatic rings. The van der Waals surface area contributed by atoms with E-state index in [1.165, 1.54) is 6.08 Å². The zero-order valence-corrected chi connectivity index (χ0v) is 15.6. The van der Waals surface area contributed by atoms with Crippen LogP contribution in [0.3, 0.4) is 0 Å². The van der Waals surface area contributed by atoms with Gasteiger partial charge in [0.1, 0.15) is 0 Å². The summed E-state index contributed by atoms with van der Waals surface area (Å²) in [5.41, 5.74) is 5.98. The van der Waals surface area contributed by atoms with Gasteiger partial charge in [-0.15, -0.1) is 0 Å². The number of nitrogens with zero attached hydrogens (tertiary/aromatic N) is 2. The molecule has 1 aromatic carbocycles. The first-order valence-electron chi connectivity index (χ1n) is 9.53. The van der Waals surface area contributed by atoms with Crippen LogP contribution in [0.25, 0.3) is 0 Å². The van der Waals surface area contributed by atoms with Gasteiger partial charge < -0.3 is 15.5 Å². The largest absolute Gasteiger partial charge is 0.369 e. The molecule has 0 bridgehead atoms. The summed E-state index contributed by atoms with van der Waals surface area (Å²) in [6, 6.07) is 9.59. The third kappa shape index (κ3) is 3.75. The molecule has 144 valence electrons. The first-order chi connectivity index (χ1) is 13.0. The van der Waals surface area contributed by atoms with Gasteiger partial charge in [0.05, 0.1) is 11.3 Å². The summed E-state index contributed by atoms with van der Waals surface area (Å²) in [7, 11) is 0. The number of hydrogen-bond acceptors (Lipinski definition) is 3. The smallest absolute Gasteiger partial charge is 0.245 e. The summed E-state index contributed by atoms with van der Waals surface area (Å²) in [6.45, 7) is 5.65. The van der Waals surface area contributed by atoms with Crippen molar-refractivity contribution in [3.8, 4) is 0 Å². The molecule has 0 aliphatic carbocycles. The molecule has 0 radical (unpaired) electrons. The van der Waals surface area contributed by atoms with E-state index in [1.54, 1.807) is 4.90 Å². The molecule has 6 nitrogen and oxygen atoms in total. The van der Waals surface area contributed by atoms with Crippen LogP contribution in [0.5, 0.6) is 0 Å². The Kier molecular flexibility index (Phi) is 5.63. The van der Waals surface area contributed by atoms with Gasteiger partial charge in [0.2, 0.25) is 17.7 Å². The fourth-order valence-electron chi connectivity index (χ4n) is 4.31. The summed E-state index contributed by atoms with van der Waals surface area (Å²) in [5.74, 6) is -0.563. The van der Waals surface area contributed by atoms with Crippen molar-refractivity contribution < 1.29 is 14.4 Å². The summed E-state index contributed by atoms with van der Waals surface area (Å²) in [6.07, 6.45) is 3.96. The van der Waals surface area contributed by atoms with E-state index in [-0.39, 0.29) is 23.6 Å². The van der Waals surface area contributed by atoms with Crippen molar-refractivity contribution >= 4 is 17.7 Å². The Morgan fingerprint density at radius 1 is 1.07 bits per heavy atom. The topological polar surface area (TPSA) is 83.7 Å². The molecule has 3 rings (SSSR count). The van der Waals surface area contributed by atoms with Gasteiger partial charge in [-0.05, 0) is 37.3 Å². The lowest BCUT2D eigenvalue weighted by Gasteiger charge is -2.42. The van der Waals surface area contributed by atoms with Gasteiger partial charge in [0.25, 0.3) is 0 Å². The molecule has 6 heteroatoms. The lowest BCUT2D eigenvalue weighted by Crippen LogP contribution is -2.54. The van der Waals surface area contributed by atoms with E-state index in [4.69, 9.17) is 5.73 Å². The number of primary amides is 1. The van der Waals surface area contributed by atoms with Crippen LogP contribution in [-0.4, -0.2) is 53.7 Å². The maximum Gasteiger partial charge on any atom is 0.245 e. The van der Waals surface area contributed by atoms with Crippen LogP contribution >= 0.6 is 0 Å². The van der Waals surface area contributed by atoms with Gasteiger partial charge in [-0.1, -0.05) is 36.9 Å². The van der Waals surface area contributed by atoms with Crippen molar-refractivity contribution in [1.82, 2.24) is 9.80 Å². The Labute approximate surface area is 160 Å². The van der Waals surface area contributed by atoms with Gasteiger partial charge in [-0.3, -0.25) is 14.4 Å². The molecule has 0 spiro atoms. The first kappa shape index (κ1) is 19.1. The molecule has 27 heavy (non-hydrogen) atoms.